The largest absolute Gasteiger partial charge is 0.327 e. The molecule has 1 aliphatic rings. The van der Waals surface area contributed by atoms with E-state index in [9.17, 15) is 4.79 Å². The summed E-state index contributed by atoms with van der Waals surface area (Å²) in [6.45, 7) is 6.41. The maximum Gasteiger partial charge on any atom is 0.265 e. The number of hydrogen-bond donors (Lipinski definition) is 1. The van der Waals surface area contributed by atoms with Crippen LogP contribution in [0.15, 0.2) is 35.7 Å². The van der Waals surface area contributed by atoms with E-state index in [2.05, 4.69) is 27.8 Å². The number of likely N-dealkylation sites (tertiary alicyclic amines) is 1. The molecule has 1 aliphatic heterocycles. The maximum atomic E-state index is 12.3. The predicted octanol–water partition coefficient (Wildman–Crippen LogP) is 5.14. The van der Waals surface area contributed by atoms with E-state index in [1.165, 1.54) is 37.0 Å². The van der Waals surface area contributed by atoms with Crippen LogP contribution in [0.2, 0.25) is 0 Å². The van der Waals surface area contributed by atoms with Crippen molar-refractivity contribution in [1.82, 2.24) is 14.5 Å². The third-order valence-corrected chi connectivity index (χ3v) is 6.21. The van der Waals surface area contributed by atoms with Crippen LogP contribution in [-0.4, -0.2) is 33.4 Å². The average Bonchev–Trinajstić information content (AvgIpc) is 3.25. The summed E-state index contributed by atoms with van der Waals surface area (Å²) in [5.41, 5.74) is 2.91. The molecular weight excluding hydrogens is 368 g/mol. The van der Waals surface area contributed by atoms with Crippen LogP contribution in [0.25, 0.3) is 11.0 Å². The molecule has 0 bridgehead atoms. The number of fused-ring (bicyclic) bond motifs is 1. The Morgan fingerprint density at radius 2 is 2.00 bits per heavy atom. The molecule has 3 aromatic rings. The number of thiophene rings is 1. The second-order valence-electron chi connectivity index (χ2n) is 7.50. The molecule has 0 unspecified atom stereocenters. The van der Waals surface area contributed by atoms with Gasteiger partial charge in [-0.2, -0.15) is 0 Å². The number of nitrogens with one attached hydrogen (secondary N) is 1. The molecule has 4 rings (SSSR count). The predicted molar refractivity (Wildman–Crippen MR) is 116 cm³/mol. The first kappa shape index (κ1) is 19.2. The van der Waals surface area contributed by atoms with Crippen molar-refractivity contribution in [1.29, 1.82) is 0 Å². The zero-order valence-corrected chi connectivity index (χ0v) is 17.3. The molecule has 1 aromatic carbocycles. The van der Waals surface area contributed by atoms with Crippen LogP contribution >= 0.6 is 11.3 Å². The SMILES string of the molecule is CCCn1c(CN2CCCCCC2)nc2cc(NC(=O)c3cccs3)ccc21. The van der Waals surface area contributed by atoms with Crippen LogP contribution in [0.1, 0.15) is 54.5 Å². The van der Waals surface area contributed by atoms with Crippen molar-refractivity contribution < 1.29 is 4.79 Å². The van der Waals surface area contributed by atoms with Gasteiger partial charge in [0.25, 0.3) is 5.91 Å². The molecule has 3 heterocycles. The minimum absolute atomic E-state index is 0.0628. The lowest BCUT2D eigenvalue weighted by atomic mass is 10.2. The fraction of sp³-hybridized carbons (Fsp3) is 0.455. The molecule has 148 valence electrons. The van der Waals surface area contributed by atoms with Gasteiger partial charge >= 0.3 is 0 Å². The van der Waals surface area contributed by atoms with Gasteiger partial charge in [0, 0.05) is 12.2 Å². The Hall–Kier alpha value is -2.18. The minimum Gasteiger partial charge on any atom is -0.327 e. The number of carbonyl (C=O) groups is 1. The van der Waals surface area contributed by atoms with E-state index in [0.717, 1.165) is 60.0 Å². The highest BCUT2D eigenvalue weighted by molar-refractivity contribution is 7.12. The first-order chi connectivity index (χ1) is 13.7. The van der Waals surface area contributed by atoms with Gasteiger partial charge in [-0.25, -0.2) is 4.98 Å². The van der Waals surface area contributed by atoms with Gasteiger partial charge in [0.15, 0.2) is 0 Å². The number of hydrogen-bond acceptors (Lipinski definition) is 4. The highest BCUT2D eigenvalue weighted by Crippen LogP contribution is 2.23. The van der Waals surface area contributed by atoms with Crippen molar-refractivity contribution in [2.45, 2.75) is 52.1 Å². The van der Waals surface area contributed by atoms with E-state index < -0.39 is 0 Å². The molecular formula is C22H28N4OS. The molecule has 0 spiro atoms. The number of nitrogens with zero attached hydrogens (tertiary/aromatic N) is 3. The van der Waals surface area contributed by atoms with Gasteiger partial charge in [-0.15, -0.1) is 11.3 Å². The zero-order valence-electron chi connectivity index (χ0n) is 16.5. The lowest BCUT2D eigenvalue weighted by Gasteiger charge is -2.20. The lowest BCUT2D eigenvalue weighted by molar-refractivity contribution is 0.103. The molecule has 28 heavy (non-hydrogen) atoms. The van der Waals surface area contributed by atoms with Gasteiger partial charge in [0.1, 0.15) is 5.82 Å². The highest BCUT2D eigenvalue weighted by Gasteiger charge is 2.16. The molecule has 1 fully saturated rings. The number of rotatable bonds is 6. The van der Waals surface area contributed by atoms with Crippen molar-refractivity contribution in [3.8, 4) is 0 Å². The number of imidazole rings is 1. The Kier molecular flexibility index (Phi) is 6.07. The van der Waals surface area contributed by atoms with E-state index in [4.69, 9.17) is 4.98 Å². The first-order valence-electron chi connectivity index (χ1n) is 10.3. The van der Waals surface area contributed by atoms with E-state index in [-0.39, 0.29) is 5.91 Å². The van der Waals surface area contributed by atoms with Gasteiger partial charge in [-0.05, 0) is 62.0 Å². The smallest absolute Gasteiger partial charge is 0.265 e. The summed E-state index contributed by atoms with van der Waals surface area (Å²) in [5.74, 6) is 1.08. The van der Waals surface area contributed by atoms with Gasteiger partial charge in [-0.1, -0.05) is 25.8 Å². The molecule has 0 radical (unpaired) electrons. The van der Waals surface area contributed by atoms with E-state index in [0.29, 0.717) is 0 Å². The van der Waals surface area contributed by atoms with Crippen LogP contribution in [-0.2, 0) is 13.1 Å². The fourth-order valence-corrected chi connectivity index (χ4v) is 4.56. The molecule has 0 aliphatic carbocycles. The first-order valence-corrected chi connectivity index (χ1v) is 11.2. The normalized spacial score (nSPS) is 15.6. The number of carbonyl (C=O) groups excluding carboxylic acids is 1. The molecule has 1 saturated heterocycles. The topological polar surface area (TPSA) is 50.2 Å². The van der Waals surface area contributed by atoms with Crippen LogP contribution in [0.5, 0.6) is 0 Å². The summed E-state index contributed by atoms with van der Waals surface area (Å²) >= 11 is 1.45. The maximum absolute atomic E-state index is 12.3. The molecule has 6 heteroatoms. The Morgan fingerprint density at radius 3 is 2.71 bits per heavy atom. The summed E-state index contributed by atoms with van der Waals surface area (Å²) in [4.78, 5) is 20.6. The molecule has 1 N–H and O–H groups in total. The third-order valence-electron chi connectivity index (χ3n) is 5.34. The quantitative estimate of drug-likeness (QED) is 0.628. The minimum atomic E-state index is -0.0628. The number of aromatic nitrogens is 2. The molecule has 0 saturated carbocycles. The fourth-order valence-electron chi connectivity index (χ4n) is 3.95. The van der Waals surface area contributed by atoms with E-state index in [1.807, 2.05) is 29.6 Å². The van der Waals surface area contributed by atoms with Crippen molar-refractivity contribution in [2.75, 3.05) is 18.4 Å². The Morgan fingerprint density at radius 1 is 1.18 bits per heavy atom. The summed E-state index contributed by atoms with van der Waals surface area (Å²) in [5, 5.41) is 4.91. The van der Waals surface area contributed by atoms with Crippen LogP contribution in [0.3, 0.4) is 0 Å². The zero-order chi connectivity index (χ0) is 19.3. The van der Waals surface area contributed by atoms with Crippen LogP contribution in [0.4, 0.5) is 5.69 Å². The Balaban J connectivity index is 1.58. The summed E-state index contributed by atoms with van der Waals surface area (Å²) in [6.07, 6.45) is 6.33. The van der Waals surface area contributed by atoms with Gasteiger partial charge < -0.3 is 9.88 Å². The summed E-state index contributed by atoms with van der Waals surface area (Å²) in [7, 11) is 0. The molecule has 1 amide bonds. The van der Waals surface area contributed by atoms with Gasteiger partial charge in [-0.3, -0.25) is 9.69 Å². The van der Waals surface area contributed by atoms with Crippen molar-refractivity contribution in [3.63, 3.8) is 0 Å². The van der Waals surface area contributed by atoms with Crippen LogP contribution in [0, 0.1) is 0 Å². The monoisotopic (exact) mass is 396 g/mol. The van der Waals surface area contributed by atoms with Crippen molar-refractivity contribution in [2.24, 2.45) is 0 Å². The second-order valence-corrected chi connectivity index (χ2v) is 8.45. The summed E-state index contributed by atoms with van der Waals surface area (Å²) in [6, 6.07) is 9.81. The Bertz CT molecular complexity index is 924. The molecule has 0 atom stereocenters. The van der Waals surface area contributed by atoms with E-state index in [1.54, 1.807) is 0 Å². The Labute approximate surface area is 170 Å². The average molecular weight is 397 g/mol. The molecule has 5 nitrogen and oxygen atoms in total. The van der Waals surface area contributed by atoms with Gasteiger partial charge in [0.05, 0.1) is 22.5 Å². The van der Waals surface area contributed by atoms with E-state index >= 15 is 0 Å². The summed E-state index contributed by atoms with van der Waals surface area (Å²) < 4.78 is 2.35. The van der Waals surface area contributed by atoms with Crippen molar-refractivity contribution >= 4 is 34.0 Å². The number of anilines is 1. The molecule has 2 aromatic heterocycles. The highest BCUT2D eigenvalue weighted by atomic mass is 32.1. The van der Waals surface area contributed by atoms with Gasteiger partial charge in [0.2, 0.25) is 0 Å². The van der Waals surface area contributed by atoms with Crippen molar-refractivity contribution in [3.05, 3.63) is 46.4 Å². The standard InChI is InChI=1S/C22H28N4OS/c1-2-11-26-19-10-9-17(23-22(27)20-8-7-14-28-20)15-18(19)24-21(26)16-25-12-5-3-4-6-13-25/h7-10,14-15H,2-6,11-13,16H2,1H3,(H,23,27). The number of amides is 1. The lowest BCUT2D eigenvalue weighted by Crippen LogP contribution is -2.26. The number of benzene rings is 1. The second kappa shape index (κ2) is 8.88. The van der Waals surface area contributed by atoms with Crippen LogP contribution < -0.4 is 5.32 Å². The number of aryl methyl sites for hydroxylation is 1. The third kappa shape index (κ3) is 4.28.